The largest absolute Gasteiger partial charge is 0.467 e. The van der Waals surface area contributed by atoms with Gasteiger partial charge < -0.3 is 15.4 Å². The number of rotatable bonds is 3. The topological polar surface area (TPSA) is 67.4 Å². The summed E-state index contributed by atoms with van der Waals surface area (Å²) in [5.74, 6) is -0.0325. The van der Waals surface area contributed by atoms with E-state index in [1.807, 2.05) is 0 Å². The Kier molecular flexibility index (Phi) is 4.51. The zero-order chi connectivity index (χ0) is 13.1. The zero-order valence-electron chi connectivity index (χ0n) is 11.0. The van der Waals surface area contributed by atoms with Crippen LogP contribution in [0.15, 0.2) is 0 Å². The lowest BCUT2D eigenvalue weighted by molar-refractivity contribution is -0.149. The van der Waals surface area contributed by atoms with Crippen LogP contribution in [-0.2, 0) is 14.3 Å². The zero-order valence-corrected chi connectivity index (χ0v) is 11.0. The quantitative estimate of drug-likeness (QED) is 0.705. The van der Waals surface area contributed by atoms with Crippen LogP contribution in [0.25, 0.3) is 0 Å². The average molecular weight is 242 g/mol. The fourth-order valence-corrected chi connectivity index (χ4v) is 2.01. The third kappa shape index (κ3) is 3.70. The van der Waals surface area contributed by atoms with Gasteiger partial charge in [0.2, 0.25) is 5.91 Å². The monoisotopic (exact) mass is 242 g/mol. The number of ether oxygens (including phenoxy) is 1. The van der Waals surface area contributed by atoms with Crippen molar-refractivity contribution in [2.24, 2.45) is 5.92 Å². The van der Waals surface area contributed by atoms with E-state index in [-0.39, 0.29) is 11.9 Å². The molecule has 0 saturated carbocycles. The molecule has 0 spiro atoms. The normalized spacial score (nSPS) is 25.2. The lowest BCUT2D eigenvalue weighted by Crippen LogP contribution is -2.57. The van der Waals surface area contributed by atoms with E-state index in [0.717, 1.165) is 19.4 Å². The fraction of sp³-hybridized carbons (Fsp3) is 0.833. The molecule has 2 unspecified atom stereocenters. The smallest absolute Gasteiger partial charge is 0.330 e. The van der Waals surface area contributed by atoms with Crippen LogP contribution >= 0.6 is 0 Å². The highest BCUT2D eigenvalue weighted by Crippen LogP contribution is 2.16. The molecule has 0 aliphatic carbocycles. The number of amides is 1. The van der Waals surface area contributed by atoms with E-state index in [0.29, 0.717) is 5.92 Å². The molecule has 98 valence electrons. The number of methoxy groups -OCH3 is 1. The van der Waals surface area contributed by atoms with Gasteiger partial charge in [0.15, 0.2) is 0 Å². The average Bonchev–Trinajstić information content (AvgIpc) is 2.27. The first-order chi connectivity index (χ1) is 7.86. The number of hydrogen-bond donors (Lipinski definition) is 2. The molecule has 0 radical (unpaired) electrons. The summed E-state index contributed by atoms with van der Waals surface area (Å²) in [5, 5.41) is 5.89. The van der Waals surface area contributed by atoms with Crippen molar-refractivity contribution in [3.8, 4) is 0 Å². The van der Waals surface area contributed by atoms with Crippen molar-refractivity contribution >= 4 is 11.9 Å². The van der Waals surface area contributed by atoms with Gasteiger partial charge in [-0.1, -0.05) is 6.92 Å². The SMILES string of the molecule is COC(=O)C(C)(C)NC(=O)C1CC(C)CCN1. The van der Waals surface area contributed by atoms with Gasteiger partial charge in [-0.3, -0.25) is 4.79 Å². The summed E-state index contributed by atoms with van der Waals surface area (Å²) in [6, 6.07) is -0.206. The van der Waals surface area contributed by atoms with Crippen LogP contribution < -0.4 is 10.6 Å². The van der Waals surface area contributed by atoms with Crippen LogP contribution in [0.3, 0.4) is 0 Å². The summed E-state index contributed by atoms with van der Waals surface area (Å²) in [6.45, 7) is 6.26. The summed E-state index contributed by atoms with van der Waals surface area (Å²) in [6.07, 6.45) is 1.90. The molecule has 1 rings (SSSR count). The molecule has 0 aromatic heterocycles. The molecule has 1 saturated heterocycles. The molecule has 5 heteroatoms. The van der Waals surface area contributed by atoms with E-state index >= 15 is 0 Å². The van der Waals surface area contributed by atoms with Crippen molar-refractivity contribution in [3.63, 3.8) is 0 Å². The van der Waals surface area contributed by atoms with Crippen molar-refractivity contribution in [1.82, 2.24) is 10.6 Å². The van der Waals surface area contributed by atoms with Crippen molar-refractivity contribution in [2.45, 2.75) is 45.2 Å². The Labute approximate surface area is 102 Å². The third-order valence-corrected chi connectivity index (χ3v) is 3.11. The molecule has 1 aliphatic rings. The first-order valence-corrected chi connectivity index (χ1v) is 6.00. The molecule has 2 N–H and O–H groups in total. The van der Waals surface area contributed by atoms with Gasteiger partial charge in [0.1, 0.15) is 5.54 Å². The van der Waals surface area contributed by atoms with Gasteiger partial charge in [0, 0.05) is 0 Å². The molecular weight excluding hydrogens is 220 g/mol. The lowest BCUT2D eigenvalue weighted by Gasteiger charge is -2.30. The minimum absolute atomic E-state index is 0.132. The van der Waals surface area contributed by atoms with E-state index in [4.69, 9.17) is 0 Å². The van der Waals surface area contributed by atoms with Crippen LogP contribution in [0.2, 0.25) is 0 Å². The van der Waals surface area contributed by atoms with E-state index in [2.05, 4.69) is 22.3 Å². The highest BCUT2D eigenvalue weighted by Gasteiger charge is 2.34. The maximum absolute atomic E-state index is 12.0. The maximum atomic E-state index is 12.0. The predicted molar refractivity (Wildman–Crippen MR) is 64.4 cm³/mol. The Bertz CT molecular complexity index is 302. The molecule has 17 heavy (non-hydrogen) atoms. The molecule has 2 atom stereocenters. The molecule has 1 fully saturated rings. The van der Waals surface area contributed by atoms with Crippen molar-refractivity contribution in [2.75, 3.05) is 13.7 Å². The minimum atomic E-state index is -0.978. The summed E-state index contributed by atoms with van der Waals surface area (Å²) >= 11 is 0. The van der Waals surface area contributed by atoms with E-state index in [9.17, 15) is 9.59 Å². The maximum Gasteiger partial charge on any atom is 0.330 e. The number of carbonyl (C=O) groups is 2. The number of esters is 1. The highest BCUT2D eigenvalue weighted by atomic mass is 16.5. The van der Waals surface area contributed by atoms with Gasteiger partial charge in [0.25, 0.3) is 0 Å². The Balaban J connectivity index is 2.56. The van der Waals surface area contributed by atoms with Crippen molar-refractivity contribution < 1.29 is 14.3 Å². The van der Waals surface area contributed by atoms with Crippen LogP contribution in [0.4, 0.5) is 0 Å². The Hall–Kier alpha value is -1.10. The molecule has 5 nitrogen and oxygen atoms in total. The minimum Gasteiger partial charge on any atom is -0.467 e. The van der Waals surface area contributed by atoms with Crippen molar-refractivity contribution in [1.29, 1.82) is 0 Å². The first-order valence-electron chi connectivity index (χ1n) is 6.00. The van der Waals surface area contributed by atoms with Crippen LogP contribution in [-0.4, -0.2) is 37.1 Å². The Morgan fingerprint density at radius 1 is 1.41 bits per heavy atom. The van der Waals surface area contributed by atoms with Gasteiger partial charge >= 0.3 is 5.97 Å². The van der Waals surface area contributed by atoms with Crippen LogP contribution in [0, 0.1) is 5.92 Å². The summed E-state index contributed by atoms with van der Waals surface area (Å²) in [7, 11) is 1.32. The van der Waals surface area contributed by atoms with Crippen LogP contribution in [0.5, 0.6) is 0 Å². The van der Waals surface area contributed by atoms with E-state index in [1.165, 1.54) is 7.11 Å². The number of nitrogens with one attached hydrogen (secondary N) is 2. The van der Waals surface area contributed by atoms with E-state index in [1.54, 1.807) is 13.8 Å². The first kappa shape index (κ1) is 14.0. The predicted octanol–water partition coefficient (Wildman–Crippen LogP) is 0.442. The molecule has 1 aliphatic heterocycles. The van der Waals surface area contributed by atoms with E-state index < -0.39 is 11.5 Å². The van der Waals surface area contributed by atoms with Gasteiger partial charge in [-0.15, -0.1) is 0 Å². The lowest BCUT2D eigenvalue weighted by atomic mass is 9.93. The van der Waals surface area contributed by atoms with Gasteiger partial charge in [-0.2, -0.15) is 0 Å². The summed E-state index contributed by atoms with van der Waals surface area (Å²) < 4.78 is 4.65. The van der Waals surface area contributed by atoms with Crippen molar-refractivity contribution in [3.05, 3.63) is 0 Å². The summed E-state index contributed by atoms with van der Waals surface area (Å²) in [5.41, 5.74) is -0.978. The standard InChI is InChI=1S/C12H22N2O3/c1-8-5-6-13-9(7-8)10(15)14-12(2,3)11(16)17-4/h8-9,13H,5-7H2,1-4H3,(H,14,15). The summed E-state index contributed by atoms with van der Waals surface area (Å²) in [4.78, 5) is 23.5. The number of hydrogen-bond acceptors (Lipinski definition) is 4. The second-order valence-electron chi connectivity index (χ2n) is 5.24. The number of piperidine rings is 1. The van der Waals surface area contributed by atoms with Gasteiger partial charge in [-0.05, 0) is 39.2 Å². The second-order valence-corrected chi connectivity index (χ2v) is 5.24. The molecule has 0 aromatic rings. The Morgan fingerprint density at radius 2 is 2.06 bits per heavy atom. The number of carbonyl (C=O) groups excluding carboxylic acids is 2. The highest BCUT2D eigenvalue weighted by molar-refractivity contribution is 5.89. The second kappa shape index (κ2) is 5.49. The van der Waals surface area contributed by atoms with Gasteiger partial charge in [-0.25, -0.2) is 4.79 Å². The fourth-order valence-electron chi connectivity index (χ4n) is 2.01. The van der Waals surface area contributed by atoms with Gasteiger partial charge in [0.05, 0.1) is 13.2 Å². The molecule has 0 aromatic carbocycles. The third-order valence-electron chi connectivity index (χ3n) is 3.11. The molecule has 0 bridgehead atoms. The molecule has 1 amide bonds. The molecule has 1 heterocycles. The Morgan fingerprint density at radius 3 is 2.59 bits per heavy atom. The molecular formula is C12H22N2O3. The van der Waals surface area contributed by atoms with Crippen LogP contribution in [0.1, 0.15) is 33.6 Å².